The van der Waals surface area contributed by atoms with Crippen LogP contribution in [0, 0.1) is 0 Å². The molecule has 3 aromatic rings. The minimum Gasteiger partial charge on any atom is -0.451 e. The fraction of sp³-hybridized carbons (Fsp3) is 0.0476. The monoisotopic (exact) mass is 412 g/mol. The average Bonchev–Trinajstić information content (AvgIpc) is 2.68. The Bertz CT molecular complexity index is 774. The molecule has 0 spiro atoms. The highest BCUT2D eigenvalue weighted by atomic mass is 79.9. The number of carbonyl (C=O) groups is 1. The Morgan fingerprint density at radius 3 is 1.44 bits per heavy atom. The zero-order valence-corrected chi connectivity index (χ0v) is 16.1. The number of hydrogen-bond acceptors (Lipinski definition) is 2. The van der Waals surface area contributed by atoms with Gasteiger partial charge in [-0.2, -0.15) is 0 Å². The summed E-state index contributed by atoms with van der Waals surface area (Å²) in [6.45, 7) is -2.26. The van der Waals surface area contributed by atoms with Crippen molar-refractivity contribution in [2.75, 3.05) is 5.52 Å². The van der Waals surface area contributed by atoms with Crippen LogP contribution in [0.25, 0.3) is 0 Å². The van der Waals surface area contributed by atoms with Crippen LogP contribution in [0.2, 0.25) is 0 Å². The molecule has 0 atom stereocenters. The number of benzene rings is 3. The molecule has 126 valence electrons. The van der Waals surface area contributed by atoms with E-state index < -0.39 is 6.89 Å². The molecule has 0 bridgehead atoms. The summed E-state index contributed by atoms with van der Waals surface area (Å²) in [6.07, 6.45) is 0. The number of carbonyl (C=O) groups excluding carboxylic acids is 1. The molecular weight excluding hydrogens is 395 g/mol. The second-order valence-electron chi connectivity index (χ2n) is 5.43. The van der Waals surface area contributed by atoms with Gasteiger partial charge >= 0.3 is 5.97 Å². The van der Waals surface area contributed by atoms with E-state index in [0.29, 0.717) is 0 Å². The zero-order valence-electron chi connectivity index (χ0n) is 13.6. The second-order valence-corrected chi connectivity index (χ2v) is 9.14. The maximum absolute atomic E-state index is 12.5. The summed E-state index contributed by atoms with van der Waals surface area (Å²) in [5.41, 5.74) is 0.181. The van der Waals surface area contributed by atoms with E-state index in [9.17, 15) is 4.79 Å². The van der Waals surface area contributed by atoms with Crippen LogP contribution in [-0.4, -0.2) is 17.3 Å². The van der Waals surface area contributed by atoms with Crippen molar-refractivity contribution in [2.45, 2.75) is 0 Å². The Balaban J connectivity index is 2.38. The molecule has 0 aliphatic rings. The number of alkyl halides is 1. The maximum atomic E-state index is 12.5. The SMILES string of the molecule is O=C(C=P(c1ccccc1)(c1ccccc1)c1ccccc1)OCBr. The fourth-order valence-corrected chi connectivity index (χ4v) is 6.79. The zero-order chi connectivity index (χ0) is 17.5. The summed E-state index contributed by atoms with van der Waals surface area (Å²) in [6, 6.07) is 30.6. The van der Waals surface area contributed by atoms with E-state index in [1.165, 1.54) is 0 Å². The summed E-state index contributed by atoms with van der Waals surface area (Å²) in [5, 5.41) is 3.37. The average molecular weight is 413 g/mol. The van der Waals surface area contributed by atoms with Gasteiger partial charge in [0.1, 0.15) is 5.52 Å². The first kappa shape index (κ1) is 17.7. The van der Waals surface area contributed by atoms with Crippen molar-refractivity contribution in [1.82, 2.24) is 0 Å². The second kappa shape index (κ2) is 8.33. The summed E-state index contributed by atoms with van der Waals surface area (Å²) in [7, 11) is 0. The van der Waals surface area contributed by atoms with Gasteiger partial charge in [-0.15, -0.1) is 0 Å². The molecule has 0 amide bonds. The van der Waals surface area contributed by atoms with Gasteiger partial charge in [-0.3, -0.25) is 0 Å². The van der Waals surface area contributed by atoms with E-state index in [1.54, 1.807) is 5.80 Å². The van der Waals surface area contributed by atoms with Crippen molar-refractivity contribution in [3.63, 3.8) is 0 Å². The first-order valence-electron chi connectivity index (χ1n) is 7.91. The van der Waals surface area contributed by atoms with Crippen LogP contribution in [0.4, 0.5) is 0 Å². The smallest absolute Gasteiger partial charge is 0.332 e. The van der Waals surface area contributed by atoms with Crippen LogP contribution in [-0.2, 0) is 9.53 Å². The molecule has 0 fully saturated rings. The summed E-state index contributed by atoms with van der Waals surface area (Å²) in [4.78, 5) is 12.5. The third kappa shape index (κ3) is 3.78. The number of halogens is 1. The van der Waals surface area contributed by atoms with E-state index >= 15 is 0 Å². The normalized spacial score (nSPS) is 10.9. The van der Waals surface area contributed by atoms with Crippen LogP contribution < -0.4 is 15.9 Å². The first-order valence-corrected chi connectivity index (χ1v) is 10.9. The highest BCUT2D eigenvalue weighted by Gasteiger charge is 2.26. The van der Waals surface area contributed by atoms with Gasteiger partial charge in [0, 0.05) is 5.80 Å². The van der Waals surface area contributed by atoms with E-state index in [4.69, 9.17) is 4.74 Å². The van der Waals surface area contributed by atoms with Gasteiger partial charge in [0.25, 0.3) is 0 Å². The molecule has 0 saturated heterocycles. The van der Waals surface area contributed by atoms with Crippen molar-refractivity contribution in [2.24, 2.45) is 0 Å². The molecule has 0 N–H and O–H groups in total. The minimum atomic E-state index is -2.26. The van der Waals surface area contributed by atoms with E-state index in [2.05, 4.69) is 52.3 Å². The van der Waals surface area contributed by atoms with E-state index in [-0.39, 0.29) is 11.5 Å². The van der Waals surface area contributed by atoms with Gasteiger partial charge in [0.15, 0.2) is 0 Å². The quantitative estimate of drug-likeness (QED) is 0.363. The van der Waals surface area contributed by atoms with Crippen molar-refractivity contribution >= 4 is 50.5 Å². The van der Waals surface area contributed by atoms with Gasteiger partial charge in [0.2, 0.25) is 0 Å². The molecule has 4 heteroatoms. The van der Waals surface area contributed by atoms with Gasteiger partial charge in [-0.1, -0.05) is 91.0 Å². The minimum absolute atomic E-state index is 0.181. The molecule has 0 aromatic heterocycles. The largest absolute Gasteiger partial charge is 0.451 e. The lowest BCUT2D eigenvalue weighted by atomic mass is 10.4. The molecule has 2 nitrogen and oxygen atoms in total. The Hall–Kier alpha value is -2.09. The van der Waals surface area contributed by atoms with Crippen LogP contribution in [0.3, 0.4) is 0 Å². The molecule has 0 heterocycles. The van der Waals surface area contributed by atoms with Crippen molar-refractivity contribution in [1.29, 1.82) is 0 Å². The maximum Gasteiger partial charge on any atom is 0.332 e. The molecule has 25 heavy (non-hydrogen) atoms. The van der Waals surface area contributed by atoms with Gasteiger partial charge < -0.3 is 4.74 Å². The van der Waals surface area contributed by atoms with Crippen molar-refractivity contribution in [3.05, 3.63) is 91.0 Å². The van der Waals surface area contributed by atoms with Crippen LogP contribution in [0.15, 0.2) is 91.0 Å². The molecule has 3 rings (SSSR count). The van der Waals surface area contributed by atoms with E-state index in [1.807, 2.05) is 54.6 Å². The molecular formula is C21H18BrO2P. The lowest BCUT2D eigenvalue weighted by molar-refractivity contribution is -0.132. The van der Waals surface area contributed by atoms with Crippen LogP contribution >= 0.6 is 22.8 Å². The Labute approximate surface area is 156 Å². The van der Waals surface area contributed by atoms with Gasteiger partial charge in [-0.05, 0) is 38.7 Å². The third-order valence-electron chi connectivity index (χ3n) is 3.99. The standard InChI is InChI=1S/C21H18BrO2P/c22-17-24-21(23)16-25(18-10-4-1-5-11-18,19-12-6-2-7-13-19)20-14-8-3-9-15-20/h1-16H,17H2. The number of rotatable bonds is 5. The lowest BCUT2D eigenvalue weighted by Crippen LogP contribution is -2.29. The predicted molar refractivity (Wildman–Crippen MR) is 111 cm³/mol. The molecule has 0 radical (unpaired) electrons. The Morgan fingerprint density at radius 1 is 0.760 bits per heavy atom. The first-order chi connectivity index (χ1) is 12.3. The number of ether oxygens (including phenoxy) is 1. The predicted octanol–water partition coefficient (Wildman–Crippen LogP) is 3.68. The Morgan fingerprint density at radius 2 is 1.12 bits per heavy atom. The summed E-state index contributed by atoms with van der Waals surface area (Å²) in [5.74, 6) is 1.45. The highest BCUT2D eigenvalue weighted by molar-refractivity contribution is 9.09. The van der Waals surface area contributed by atoms with Crippen LogP contribution in [0.1, 0.15) is 0 Å². The third-order valence-corrected chi connectivity index (χ3v) is 8.15. The number of esters is 1. The van der Waals surface area contributed by atoms with Crippen molar-refractivity contribution < 1.29 is 9.53 Å². The molecule has 3 aromatic carbocycles. The highest BCUT2D eigenvalue weighted by Crippen LogP contribution is 2.43. The Kier molecular flexibility index (Phi) is 5.91. The van der Waals surface area contributed by atoms with Gasteiger partial charge in [-0.25, -0.2) is 4.79 Å². The molecule has 0 aliphatic heterocycles. The van der Waals surface area contributed by atoms with Gasteiger partial charge in [0.05, 0.1) is 0 Å². The molecule has 0 aliphatic carbocycles. The summed E-state index contributed by atoms with van der Waals surface area (Å²) < 4.78 is 5.21. The fourth-order valence-electron chi connectivity index (χ4n) is 2.91. The summed E-state index contributed by atoms with van der Waals surface area (Å²) >= 11 is 3.18. The van der Waals surface area contributed by atoms with Crippen molar-refractivity contribution in [3.8, 4) is 0 Å². The van der Waals surface area contributed by atoms with Crippen LogP contribution in [0.5, 0.6) is 0 Å². The van der Waals surface area contributed by atoms with E-state index in [0.717, 1.165) is 15.9 Å². The molecule has 0 saturated carbocycles. The lowest BCUT2D eigenvalue weighted by Gasteiger charge is -2.28. The topological polar surface area (TPSA) is 26.3 Å². The molecule has 0 unspecified atom stereocenters. The number of hydrogen-bond donors (Lipinski definition) is 0.